The average Bonchev–Trinajstić information content (AvgIpc) is 2.44. The summed E-state index contributed by atoms with van der Waals surface area (Å²) >= 11 is 0. The van der Waals surface area contributed by atoms with Crippen molar-refractivity contribution < 1.29 is 0 Å². The van der Waals surface area contributed by atoms with E-state index in [9.17, 15) is 0 Å². The fraction of sp³-hybridized carbons (Fsp3) is 0.800. The van der Waals surface area contributed by atoms with Crippen LogP contribution >= 0.6 is 0 Å². The molecule has 2 aliphatic heterocycles. The van der Waals surface area contributed by atoms with Gasteiger partial charge in [0.2, 0.25) is 0 Å². The minimum atomic E-state index is 0.634. The number of nitrogens with zero attached hydrogens (tertiary/aromatic N) is 1. The summed E-state index contributed by atoms with van der Waals surface area (Å²) in [5.41, 5.74) is 0.634. The van der Waals surface area contributed by atoms with Gasteiger partial charge in [0.1, 0.15) is 0 Å². The highest BCUT2D eigenvalue weighted by Crippen LogP contribution is 2.33. The minimum absolute atomic E-state index is 0.634. The predicted octanol–water partition coefficient (Wildman–Crippen LogP) is 0.305. The van der Waals surface area contributed by atoms with E-state index >= 15 is 0 Å². The van der Waals surface area contributed by atoms with Gasteiger partial charge in [0.15, 0.2) is 0 Å². The van der Waals surface area contributed by atoms with Crippen molar-refractivity contribution in [3.8, 4) is 11.8 Å². The Hall–Kier alpha value is -0.520. The van der Waals surface area contributed by atoms with Crippen molar-refractivity contribution in [1.82, 2.24) is 10.2 Å². The summed E-state index contributed by atoms with van der Waals surface area (Å²) in [4.78, 5) is 2.47. The third-order valence-electron chi connectivity index (χ3n) is 3.00. The lowest BCUT2D eigenvalue weighted by Crippen LogP contribution is -2.54. The Kier molecular flexibility index (Phi) is 2.08. The van der Waals surface area contributed by atoms with Crippen molar-refractivity contribution in [2.75, 3.05) is 32.7 Å². The van der Waals surface area contributed by atoms with E-state index in [-0.39, 0.29) is 0 Å². The van der Waals surface area contributed by atoms with Crippen LogP contribution < -0.4 is 5.32 Å². The van der Waals surface area contributed by atoms with Gasteiger partial charge >= 0.3 is 0 Å². The van der Waals surface area contributed by atoms with E-state index in [0.29, 0.717) is 5.41 Å². The van der Waals surface area contributed by atoms with Gasteiger partial charge in [-0.15, -0.1) is 5.92 Å². The maximum atomic E-state index is 3.36. The minimum Gasteiger partial charge on any atom is -0.315 e. The Morgan fingerprint density at radius 3 is 2.83 bits per heavy atom. The van der Waals surface area contributed by atoms with Crippen LogP contribution in [-0.4, -0.2) is 37.6 Å². The van der Waals surface area contributed by atoms with Gasteiger partial charge in [-0.05, 0) is 19.9 Å². The summed E-state index contributed by atoms with van der Waals surface area (Å²) in [6.07, 6.45) is 1.37. The largest absolute Gasteiger partial charge is 0.315 e. The van der Waals surface area contributed by atoms with Crippen LogP contribution in [0.5, 0.6) is 0 Å². The quantitative estimate of drug-likeness (QED) is 0.561. The van der Waals surface area contributed by atoms with Gasteiger partial charge in [0, 0.05) is 25.0 Å². The van der Waals surface area contributed by atoms with Crippen LogP contribution in [0, 0.1) is 17.3 Å². The van der Waals surface area contributed by atoms with E-state index < -0.39 is 0 Å². The molecular weight excluding hydrogens is 148 g/mol. The lowest BCUT2D eigenvalue weighted by atomic mass is 9.81. The van der Waals surface area contributed by atoms with E-state index in [1.807, 2.05) is 6.92 Å². The van der Waals surface area contributed by atoms with Gasteiger partial charge < -0.3 is 5.32 Å². The molecule has 0 aliphatic carbocycles. The second-order valence-corrected chi connectivity index (χ2v) is 3.99. The van der Waals surface area contributed by atoms with Crippen LogP contribution in [0.2, 0.25) is 0 Å². The molecule has 2 nitrogen and oxygen atoms in total. The first-order chi connectivity index (χ1) is 5.85. The lowest BCUT2D eigenvalue weighted by molar-refractivity contribution is 0.174. The van der Waals surface area contributed by atoms with E-state index in [1.54, 1.807) is 0 Å². The zero-order chi connectivity index (χ0) is 8.44. The topological polar surface area (TPSA) is 15.3 Å². The first kappa shape index (κ1) is 8.10. The number of hydrogen-bond donors (Lipinski definition) is 1. The van der Waals surface area contributed by atoms with E-state index in [1.165, 1.54) is 32.6 Å². The maximum Gasteiger partial charge on any atom is 0.0601 e. The van der Waals surface area contributed by atoms with E-state index in [4.69, 9.17) is 0 Å². The Labute approximate surface area is 74.3 Å². The highest BCUT2D eigenvalue weighted by molar-refractivity contribution is 5.04. The zero-order valence-corrected chi connectivity index (χ0v) is 7.69. The Morgan fingerprint density at radius 2 is 2.33 bits per heavy atom. The molecule has 0 aromatic carbocycles. The number of likely N-dealkylation sites (tertiary alicyclic amines) is 1. The fourth-order valence-electron chi connectivity index (χ4n) is 2.12. The second-order valence-electron chi connectivity index (χ2n) is 3.99. The first-order valence-electron chi connectivity index (χ1n) is 4.67. The summed E-state index contributed by atoms with van der Waals surface area (Å²) in [6, 6.07) is 0. The maximum absolute atomic E-state index is 3.36. The summed E-state index contributed by atoms with van der Waals surface area (Å²) < 4.78 is 0. The van der Waals surface area contributed by atoms with Gasteiger partial charge in [0.25, 0.3) is 0 Å². The highest BCUT2D eigenvalue weighted by atomic mass is 15.2. The molecule has 0 atom stereocenters. The van der Waals surface area contributed by atoms with E-state index in [2.05, 4.69) is 22.1 Å². The summed E-state index contributed by atoms with van der Waals surface area (Å²) in [5, 5.41) is 3.36. The van der Waals surface area contributed by atoms with Crippen molar-refractivity contribution in [3.63, 3.8) is 0 Å². The molecule has 12 heavy (non-hydrogen) atoms. The Morgan fingerprint density at radius 1 is 1.50 bits per heavy atom. The summed E-state index contributed by atoms with van der Waals surface area (Å²) in [5.74, 6) is 6.08. The normalized spacial score (nSPS) is 26.4. The van der Waals surface area contributed by atoms with Crippen molar-refractivity contribution >= 4 is 0 Å². The predicted molar refractivity (Wildman–Crippen MR) is 49.8 cm³/mol. The van der Waals surface area contributed by atoms with Crippen LogP contribution in [0.3, 0.4) is 0 Å². The van der Waals surface area contributed by atoms with Crippen LogP contribution in [0.25, 0.3) is 0 Å². The number of hydrogen-bond acceptors (Lipinski definition) is 2. The summed E-state index contributed by atoms with van der Waals surface area (Å²) in [6.45, 7) is 7.84. The highest BCUT2D eigenvalue weighted by Gasteiger charge is 2.42. The average molecular weight is 164 g/mol. The molecule has 2 fully saturated rings. The third-order valence-corrected chi connectivity index (χ3v) is 3.00. The lowest BCUT2D eigenvalue weighted by Gasteiger charge is -2.39. The molecule has 0 aromatic rings. The molecular formula is C10H16N2. The van der Waals surface area contributed by atoms with Crippen LogP contribution in [0.15, 0.2) is 0 Å². The van der Waals surface area contributed by atoms with Gasteiger partial charge in [-0.2, -0.15) is 0 Å². The SMILES string of the molecule is CC#CCN1CCC2(CNC2)C1. The molecule has 2 saturated heterocycles. The van der Waals surface area contributed by atoms with Crippen LogP contribution in [-0.2, 0) is 0 Å². The van der Waals surface area contributed by atoms with Gasteiger partial charge in [-0.3, -0.25) is 4.90 Å². The van der Waals surface area contributed by atoms with Crippen molar-refractivity contribution in [2.24, 2.45) is 5.41 Å². The monoisotopic (exact) mass is 164 g/mol. The first-order valence-corrected chi connectivity index (χ1v) is 4.67. The molecule has 0 aromatic heterocycles. The Balaban J connectivity index is 1.84. The zero-order valence-electron chi connectivity index (χ0n) is 7.69. The Bertz CT molecular complexity index is 220. The molecule has 2 rings (SSSR count). The number of rotatable bonds is 1. The molecule has 66 valence electrons. The molecule has 1 N–H and O–H groups in total. The van der Waals surface area contributed by atoms with Gasteiger partial charge in [-0.1, -0.05) is 5.92 Å². The molecule has 0 amide bonds. The molecule has 0 unspecified atom stereocenters. The van der Waals surface area contributed by atoms with Crippen LogP contribution in [0.1, 0.15) is 13.3 Å². The molecule has 1 spiro atoms. The smallest absolute Gasteiger partial charge is 0.0601 e. The van der Waals surface area contributed by atoms with Crippen molar-refractivity contribution in [2.45, 2.75) is 13.3 Å². The van der Waals surface area contributed by atoms with E-state index in [0.717, 1.165) is 6.54 Å². The fourth-order valence-corrected chi connectivity index (χ4v) is 2.12. The molecule has 2 heterocycles. The second kappa shape index (κ2) is 3.08. The standard InChI is InChI=1S/C10H16N2/c1-2-3-5-12-6-4-10(9-12)7-11-8-10/h11H,4-9H2,1H3. The van der Waals surface area contributed by atoms with Crippen molar-refractivity contribution in [3.05, 3.63) is 0 Å². The molecule has 0 radical (unpaired) electrons. The van der Waals surface area contributed by atoms with Crippen molar-refractivity contribution in [1.29, 1.82) is 0 Å². The number of nitrogens with one attached hydrogen (secondary N) is 1. The van der Waals surface area contributed by atoms with Crippen LogP contribution in [0.4, 0.5) is 0 Å². The molecule has 2 heteroatoms. The molecule has 2 aliphatic rings. The third kappa shape index (κ3) is 1.35. The van der Waals surface area contributed by atoms with Gasteiger partial charge in [0.05, 0.1) is 6.54 Å². The molecule has 0 saturated carbocycles. The van der Waals surface area contributed by atoms with Gasteiger partial charge in [-0.25, -0.2) is 0 Å². The molecule has 0 bridgehead atoms. The summed E-state index contributed by atoms with van der Waals surface area (Å²) in [7, 11) is 0.